The molecule has 4 heteroatoms. The summed E-state index contributed by atoms with van der Waals surface area (Å²) in [7, 11) is 0. The summed E-state index contributed by atoms with van der Waals surface area (Å²) in [6, 6.07) is 11.4. The molecule has 3 heterocycles. The summed E-state index contributed by atoms with van der Waals surface area (Å²) >= 11 is 0. The lowest BCUT2D eigenvalue weighted by molar-refractivity contribution is -0.140. The van der Waals surface area contributed by atoms with Crippen LogP contribution in [0, 0.1) is 0 Å². The number of aryl methyl sites for hydroxylation is 1. The summed E-state index contributed by atoms with van der Waals surface area (Å²) in [5.41, 5.74) is 1.43. The Morgan fingerprint density at radius 2 is 2.00 bits per heavy atom. The molecule has 4 rings (SSSR count). The third-order valence-electron chi connectivity index (χ3n) is 5.59. The zero-order valence-corrected chi connectivity index (χ0v) is 14.4. The molecule has 130 valence electrons. The first-order valence-electron chi connectivity index (χ1n) is 9.34. The number of rotatable bonds is 5. The lowest BCUT2D eigenvalue weighted by atomic mass is 9.84. The maximum atomic E-state index is 6.13. The van der Waals surface area contributed by atoms with Gasteiger partial charge in [0.2, 0.25) is 0 Å². The van der Waals surface area contributed by atoms with Gasteiger partial charge in [-0.1, -0.05) is 18.2 Å². The Labute approximate surface area is 144 Å². The van der Waals surface area contributed by atoms with Crippen molar-refractivity contribution in [3.05, 3.63) is 36.5 Å². The molecule has 2 aliphatic heterocycles. The minimum atomic E-state index is 0.0881. The van der Waals surface area contributed by atoms with E-state index in [1.54, 1.807) is 0 Å². The van der Waals surface area contributed by atoms with E-state index >= 15 is 0 Å². The first-order chi connectivity index (χ1) is 11.8. The van der Waals surface area contributed by atoms with Crippen LogP contribution in [0.2, 0.25) is 0 Å². The molecule has 4 nitrogen and oxygen atoms in total. The van der Waals surface area contributed by atoms with Gasteiger partial charge in [0.05, 0.1) is 5.60 Å². The molecule has 1 aromatic carbocycles. The molecule has 0 radical (unpaired) electrons. The number of fused-ring (bicyclic) bond motifs is 1. The van der Waals surface area contributed by atoms with Gasteiger partial charge in [-0.2, -0.15) is 0 Å². The molecule has 2 aliphatic rings. The molecular formula is C20H28N2O2. The first kappa shape index (κ1) is 16.1. The normalized spacial score (nSPS) is 23.8. The molecule has 2 fully saturated rings. The highest BCUT2D eigenvalue weighted by Gasteiger charge is 2.38. The molecule has 2 aromatic rings. The van der Waals surface area contributed by atoms with Crippen molar-refractivity contribution in [3.8, 4) is 0 Å². The molecule has 0 aliphatic carbocycles. The van der Waals surface area contributed by atoms with E-state index in [1.807, 2.05) is 0 Å². The van der Waals surface area contributed by atoms with Crippen molar-refractivity contribution in [2.75, 3.05) is 26.4 Å². The monoisotopic (exact) mass is 328 g/mol. The van der Waals surface area contributed by atoms with Crippen LogP contribution in [0.3, 0.4) is 0 Å². The zero-order chi connectivity index (χ0) is 16.2. The molecule has 0 saturated carbocycles. The van der Waals surface area contributed by atoms with Crippen LogP contribution in [0.4, 0.5) is 0 Å². The molecule has 1 spiro atoms. The number of ether oxygens (including phenoxy) is 2. The van der Waals surface area contributed by atoms with Gasteiger partial charge in [0.15, 0.2) is 0 Å². The number of nitrogens with zero attached hydrogens (tertiary/aromatic N) is 1. The molecule has 0 bridgehead atoms. The standard InChI is InChI=1S/C20H28N2O2/c1-2-5-19-17(4-1)6-12-22(19)11-3-10-21-18-7-13-24-20(16-18)8-14-23-15-9-20/h1-2,4-6,12,18,21H,3,7-11,13-16H2/t18-/m1/s1. The molecule has 0 amide bonds. The van der Waals surface area contributed by atoms with E-state index < -0.39 is 0 Å². The lowest BCUT2D eigenvalue weighted by Crippen LogP contribution is -2.50. The molecular weight excluding hydrogens is 300 g/mol. The van der Waals surface area contributed by atoms with Gasteiger partial charge in [-0.3, -0.25) is 0 Å². The number of hydrogen-bond acceptors (Lipinski definition) is 3. The van der Waals surface area contributed by atoms with Crippen LogP contribution in [0.5, 0.6) is 0 Å². The molecule has 1 N–H and O–H groups in total. The molecule has 24 heavy (non-hydrogen) atoms. The van der Waals surface area contributed by atoms with E-state index in [2.05, 4.69) is 46.4 Å². The Bertz CT molecular complexity index is 655. The van der Waals surface area contributed by atoms with Crippen LogP contribution >= 0.6 is 0 Å². The second-order valence-corrected chi connectivity index (χ2v) is 7.21. The number of para-hydroxylation sites is 1. The Morgan fingerprint density at radius 1 is 1.12 bits per heavy atom. The van der Waals surface area contributed by atoms with Gasteiger partial charge in [-0.25, -0.2) is 0 Å². The molecule has 1 atom stereocenters. The van der Waals surface area contributed by atoms with Crippen molar-refractivity contribution in [2.45, 2.75) is 50.3 Å². The van der Waals surface area contributed by atoms with Gasteiger partial charge in [0, 0.05) is 44.1 Å². The quantitative estimate of drug-likeness (QED) is 0.855. The fourth-order valence-corrected chi connectivity index (χ4v) is 4.19. The smallest absolute Gasteiger partial charge is 0.0741 e. The zero-order valence-electron chi connectivity index (χ0n) is 14.4. The largest absolute Gasteiger partial charge is 0.381 e. The van der Waals surface area contributed by atoms with Crippen LogP contribution in [0.1, 0.15) is 32.1 Å². The van der Waals surface area contributed by atoms with Crippen molar-refractivity contribution < 1.29 is 9.47 Å². The molecule has 1 aromatic heterocycles. The van der Waals surface area contributed by atoms with Crippen LogP contribution < -0.4 is 5.32 Å². The number of benzene rings is 1. The van der Waals surface area contributed by atoms with Crippen molar-refractivity contribution in [1.82, 2.24) is 9.88 Å². The van der Waals surface area contributed by atoms with Gasteiger partial charge in [0.1, 0.15) is 0 Å². The highest BCUT2D eigenvalue weighted by atomic mass is 16.5. The summed E-state index contributed by atoms with van der Waals surface area (Å²) in [6.07, 6.45) is 7.75. The van der Waals surface area contributed by atoms with E-state index in [9.17, 15) is 0 Å². The second-order valence-electron chi connectivity index (χ2n) is 7.21. The Balaban J connectivity index is 1.25. The van der Waals surface area contributed by atoms with Crippen molar-refractivity contribution >= 4 is 10.9 Å². The fourth-order valence-electron chi connectivity index (χ4n) is 4.19. The molecule has 0 unspecified atom stereocenters. The van der Waals surface area contributed by atoms with Crippen LogP contribution in [0.15, 0.2) is 36.5 Å². The van der Waals surface area contributed by atoms with Crippen LogP contribution in [-0.2, 0) is 16.0 Å². The summed E-state index contributed by atoms with van der Waals surface area (Å²) < 4.78 is 14.0. The van der Waals surface area contributed by atoms with E-state index in [0.717, 1.165) is 65.0 Å². The Morgan fingerprint density at radius 3 is 2.92 bits per heavy atom. The molecule has 2 saturated heterocycles. The van der Waals surface area contributed by atoms with Gasteiger partial charge in [-0.15, -0.1) is 0 Å². The minimum Gasteiger partial charge on any atom is -0.381 e. The second kappa shape index (κ2) is 7.26. The van der Waals surface area contributed by atoms with E-state index in [4.69, 9.17) is 9.47 Å². The Hall–Kier alpha value is -1.36. The van der Waals surface area contributed by atoms with Crippen molar-refractivity contribution in [2.24, 2.45) is 0 Å². The van der Waals surface area contributed by atoms with Gasteiger partial charge >= 0.3 is 0 Å². The fraction of sp³-hybridized carbons (Fsp3) is 0.600. The van der Waals surface area contributed by atoms with Crippen LogP contribution in [-0.4, -0.2) is 42.6 Å². The van der Waals surface area contributed by atoms with Crippen LogP contribution in [0.25, 0.3) is 10.9 Å². The highest BCUT2D eigenvalue weighted by molar-refractivity contribution is 5.79. The van der Waals surface area contributed by atoms with Crippen molar-refractivity contribution in [1.29, 1.82) is 0 Å². The van der Waals surface area contributed by atoms with E-state index in [1.165, 1.54) is 10.9 Å². The predicted octanol–water partition coefficient (Wildman–Crippen LogP) is 3.35. The Kier molecular flexibility index (Phi) is 4.88. The predicted molar refractivity (Wildman–Crippen MR) is 96.3 cm³/mol. The number of nitrogens with one attached hydrogen (secondary N) is 1. The maximum absolute atomic E-state index is 6.13. The minimum absolute atomic E-state index is 0.0881. The third kappa shape index (κ3) is 3.51. The van der Waals surface area contributed by atoms with Gasteiger partial charge in [0.25, 0.3) is 0 Å². The summed E-state index contributed by atoms with van der Waals surface area (Å²) in [5, 5.41) is 5.10. The van der Waals surface area contributed by atoms with Gasteiger partial charge < -0.3 is 19.4 Å². The highest BCUT2D eigenvalue weighted by Crippen LogP contribution is 2.34. The maximum Gasteiger partial charge on any atom is 0.0741 e. The van der Waals surface area contributed by atoms with Crippen molar-refractivity contribution in [3.63, 3.8) is 0 Å². The average Bonchev–Trinajstić information content (AvgIpc) is 3.03. The topological polar surface area (TPSA) is 35.4 Å². The van der Waals surface area contributed by atoms with E-state index in [-0.39, 0.29) is 5.60 Å². The number of aromatic nitrogens is 1. The number of hydrogen-bond donors (Lipinski definition) is 1. The first-order valence-corrected chi connectivity index (χ1v) is 9.34. The SMILES string of the molecule is c1ccc2c(c1)ccn2CCCN[C@@H]1CCOC2(CCOCC2)C1. The summed E-state index contributed by atoms with van der Waals surface area (Å²) in [5.74, 6) is 0. The van der Waals surface area contributed by atoms with E-state index in [0.29, 0.717) is 6.04 Å². The lowest BCUT2D eigenvalue weighted by Gasteiger charge is -2.43. The van der Waals surface area contributed by atoms with Gasteiger partial charge in [-0.05, 0) is 56.2 Å². The summed E-state index contributed by atoms with van der Waals surface area (Å²) in [6.45, 7) is 4.74. The third-order valence-corrected chi connectivity index (χ3v) is 5.59. The average molecular weight is 328 g/mol. The summed E-state index contributed by atoms with van der Waals surface area (Å²) in [4.78, 5) is 0.